The quantitative estimate of drug-likeness (QED) is 0.427. The first kappa shape index (κ1) is 21.0. The van der Waals surface area contributed by atoms with Crippen molar-refractivity contribution in [2.24, 2.45) is 0 Å². The molecular weight excluding hydrogens is 378 g/mol. The maximum atomic E-state index is 12.8. The van der Waals surface area contributed by atoms with Crippen LogP contribution in [0.4, 0.5) is 11.4 Å². The van der Waals surface area contributed by atoms with Gasteiger partial charge in [-0.2, -0.15) is 0 Å². The number of aryl methyl sites for hydroxylation is 1. The molecule has 0 saturated carbocycles. The lowest BCUT2D eigenvalue weighted by atomic mass is 10.0. The summed E-state index contributed by atoms with van der Waals surface area (Å²) in [5.74, 6) is -0.603. The molecule has 1 amide bonds. The van der Waals surface area contributed by atoms with Crippen molar-refractivity contribution < 1.29 is 14.3 Å². The summed E-state index contributed by atoms with van der Waals surface area (Å²) in [6.45, 7) is 7.57. The number of nitrogens with one attached hydrogen (secondary N) is 2. The number of benzene rings is 2. The minimum absolute atomic E-state index is 0.118. The van der Waals surface area contributed by atoms with Crippen LogP contribution in [0.1, 0.15) is 35.3 Å². The molecule has 0 saturated heterocycles. The molecule has 30 heavy (non-hydrogen) atoms. The number of para-hydroxylation sites is 2. The van der Waals surface area contributed by atoms with Gasteiger partial charge in [0.2, 0.25) is 0 Å². The molecule has 0 unspecified atom stereocenters. The number of amides is 1. The van der Waals surface area contributed by atoms with Gasteiger partial charge in [0.25, 0.3) is 5.91 Å². The van der Waals surface area contributed by atoms with E-state index in [2.05, 4.69) is 35.2 Å². The van der Waals surface area contributed by atoms with Crippen LogP contribution in [0.15, 0.2) is 61.3 Å². The van der Waals surface area contributed by atoms with Gasteiger partial charge in [0, 0.05) is 36.3 Å². The molecule has 1 heterocycles. The van der Waals surface area contributed by atoms with Crippen molar-refractivity contribution in [2.45, 2.75) is 26.9 Å². The van der Waals surface area contributed by atoms with Gasteiger partial charge >= 0.3 is 5.97 Å². The fourth-order valence-corrected chi connectivity index (χ4v) is 3.23. The van der Waals surface area contributed by atoms with E-state index in [0.717, 1.165) is 28.6 Å². The predicted octanol–water partition coefficient (Wildman–Crippen LogP) is 4.52. The summed E-state index contributed by atoms with van der Waals surface area (Å²) >= 11 is 0. The van der Waals surface area contributed by atoms with Crippen molar-refractivity contribution >= 4 is 34.2 Å². The van der Waals surface area contributed by atoms with Crippen molar-refractivity contribution in [3.8, 4) is 0 Å². The van der Waals surface area contributed by atoms with Gasteiger partial charge in [-0.15, -0.1) is 6.58 Å². The van der Waals surface area contributed by atoms with Crippen LogP contribution in [0.3, 0.4) is 0 Å². The van der Waals surface area contributed by atoms with E-state index < -0.39 is 0 Å². The van der Waals surface area contributed by atoms with Gasteiger partial charge in [0.1, 0.15) is 6.61 Å². The second-order valence-corrected chi connectivity index (χ2v) is 6.77. The Labute approximate surface area is 176 Å². The molecule has 3 rings (SSSR count). The summed E-state index contributed by atoms with van der Waals surface area (Å²) in [7, 11) is 0. The van der Waals surface area contributed by atoms with E-state index in [0.29, 0.717) is 23.3 Å². The van der Waals surface area contributed by atoms with E-state index in [1.807, 2.05) is 36.4 Å². The molecular formula is C24H25N3O3. The third-order valence-electron chi connectivity index (χ3n) is 4.72. The first-order valence-corrected chi connectivity index (χ1v) is 9.83. The normalized spacial score (nSPS) is 10.5. The van der Waals surface area contributed by atoms with Crippen molar-refractivity contribution in [3.63, 3.8) is 0 Å². The van der Waals surface area contributed by atoms with Gasteiger partial charge in [-0.3, -0.25) is 14.6 Å². The largest absolute Gasteiger partial charge is 0.461 e. The van der Waals surface area contributed by atoms with E-state index >= 15 is 0 Å². The highest BCUT2D eigenvalue weighted by Gasteiger charge is 2.18. The molecule has 1 aromatic heterocycles. The SMILES string of the molecule is C=CCNC(=O)c1cnc2c(COC(C)=O)cccc2c1Nc1ccccc1CC. The van der Waals surface area contributed by atoms with Gasteiger partial charge in [0.05, 0.1) is 16.8 Å². The van der Waals surface area contributed by atoms with E-state index in [-0.39, 0.29) is 18.5 Å². The average molecular weight is 403 g/mol. The molecule has 6 nitrogen and oxygen atoms in total. The van der Waals surface area contributed by atoms with Crippen LogP contribution in [-0.4, -0.2) is 23.4 Å². The predicted molar refractivity (Wildman–Crippen MR) is 119 cm³/mol. The minimum Gasteiger partial charge on any atom is -0.461 e. The third-order valence-corrected chi connectivity index (χ3v) is 4.72. The van der Waals surface area contributed by atoms with Gasteiger partial charge in [0.15, 0.2) is 0 Å². The molecule has 0 radical (unpaired) electrons. The van der Waals surface area contributed by atoms with Crippen LogP contribution >= 0.6 is 0 Å². The molecule has 0 fully saturated rings. The van der Waals surface area contributed by atoms with Crippen LogP contribution in [-0.2, 0) is 22.6 Å². The maximum Gasteiger partial charge on any atom is 0.302 e. The van der Waals surface area contributed by atoms with Crippen LogP contribution in [0.2, 0.25) is 0 Å². The maximum absolute atomic E-state index is 12.8. The number of anilines is 2. The van der Waals surface area contributed by atoms with E-state index in [1.165, 1.54) is 6.92 Å². The Morgan fingerprint density at radius 2 is 1.90 bits per heavy atom. The van der Waals surface area contributed by atoms with Gasteiger partial charge in [-0.1, -0.05) is 49.4 Å². The zero-order valence-corrected chi connectivity index (χ0v) is 17.2. The fraction of sp³-hybridized carbons (Fsp3) is 0.208. The standard InChI is InChI=1S/C24H25N3O3/c1-4-13-25-24(29)20-14-26-22-18(15-30-16(3)28)10-8-11-19(22)23(20)27-21-12-7-6-9-17(21)5-2/h4,6-12,14H,1,5,13,15H2,2-3H3,(H,25,29)(H,26,27). The molecule has 0 aliphatic carbocycles. The van der Waals surface area contributed by atoms with E-state index in [9.17, 15) is 9.59 Å². The van der Waals surface area contributed by atoms with E-state index in [4.69, 9.17) is 4.74 Å². The number of rotatable bonds is 8. The molecule has 0 aliphatic rings. The molecule has 154 valence electrons. The molecule has 3 aromatic rings. The number of fused-ring (bicyclic) bond motifs is 1. The average Bonchev–Trinajstić information content (AvgIpc) is 2.76. The number of hydrogen-bond acceptors (Lipinski definition) is 5. The summed E-state index contributed by atoms with van der Waals surface area (Å²) in [6, 6.07) is 13.6. The lowest BCUT2D eigenvalue weighted by Gasteiger charge is -2.17. The first-order chi connectivity index (χ1) is 14.5. The Morgan fingerprint density at radius 1 is 1.13 bits per heavy atom. The lowest BCUT2D eigenvalue weighted by Crippen LogP contribution is -2.24. The van der Waals surface area contributed by atoms with Crippen molar-refractivity contribution in [1.82, 2.24) is 10.3 Å². The number of ether oxygens (including phenoxy) is 1. The zero-order chi connectivity index (χ0) is 21.5. The third kappa shape index (κ3) is 4.66. The van der Waals surface area contributed by atoms with Gasteiger partial charge in [-0.05, 0) is 18.1 Å². The molecule has 2 N–H and O–H groups in total. The van der Waals surface area contributed by atoms with Crippen LogP contribution in [0, 0.1) is 0 Å². The number of pyridine rings is 1. The molecule has 2 aromatic carbocycles. The Hall–Kier alpha value is -3.67. The van der Waals surface area contributed by atoms with Crippen LogP contribution in [0.25, 0.3) is 10.9 Å². The Bertz CT molecular complexity index is 1090. The highest BCUT2D eigenvalue weighted by atomic mass is 16.5. The van der Waals surface area contributed by atoms with Gasteiger partial charge in [-0.25, -0.2) is 0 Å². The van der Waals surface area contributed by atoms with Crippen LogP contribution < -0.4 is 10.6 Å². The fourth-order valence-electron chi connectivity index (χ4n) is 3.23. The molecule has 6 heteroatoms. The summed E-state index contributed by atoms with van der Waals surface area (Å²) in [5.41, 5.74) is 4.60. The molecule has 0 aliphatic heterocycles. The Kier molecular flexibility index (Phi) is 6.80. The highest BCUT2D eigenvalue weighted by molar-refractivity contribution is 6.08. The molecule has 0 bridgehead atoms. The Morgan fingerprint density at radius 3 is 2.63 bits per heavy atom. The molecule has 0 spiro atoms. The van der Waals surface area contributed by atoms with E-state index in [1.54, 1.807) is 12.3 Å². The number of nitrogens with zero attached hydrogens (tertiary/aromatic N) is 1. The summed E-state index contributed by atoms with van der Waals surface area (Å²) in [4.78, 5) is 28.6. The second kappa shape index (κ2) is 9.69. The lowest BCUT2D eigenvalue weighted by molar-refractivity contribution is -0.142. The minimum atomic E-state index is -0.359. The van der Waals surface area contributed by atoms with Gasteiger partial charge < -0.3 is 15.4 Å². The van der Waals surface area contributed by atoms with Crippen molar-refractivity contribution in [3.05, 3.63) is 78.0 Å². The summed E-state index contributed by atoms with van der Waals surface area (Å²) in [5, 5.41) is 7.04. The smallest absolute Gasteiger partial charge is 0.302 e. The number of carbonyl (C=O) groups is 2. The topological polar surface area (TPSA) is 80.3 Å². The number of hydrogen-bond donors (Lipinski definition) is 2. The molecule has 0 atom stereocenters. The van der Waals surface area contributed by atoms with Crippen molar-refractivity contribution in [1.29, 1.82) is 0 Å². The second-order valence-electron chi connectivity index (χ2n) is 6.77. The summed E-state index contributed by atoms with van der Waals surface area (Å²) in [6.07, 6.45) is 4.03. The number of carbonyl (C=O) groups excluding carboxylic acids is 2. The highest BCUT2D eigenvalue weighted by Crippen LogP contribution is 2.32. The number of esters is 1. The van der Waals surface area contributed by atoms with Crippen molar-refractivity contribution in [2.75, 3.05) is 11.9 Å². The monoisotopic (exact) mass is 403 g/mol. The van der Waals surface area contributed by atoms with Crippen LogP contribution in [0.5, 0.6) is 0 Å². The Balaban J connectivity index is 2.15. The summed E-state index contributed by atoms with van der Waals surface area (Å²) < 4.78 is 5.17. The first-order valence-electron chi connectivity index (χ1n) is 9.83. The zero-order valence-electron chi connectivity index (χ0n) is 17.2. The number of aromatic nitrogens is 1.